The number of thiazole rings is 1. The molecule has 2 aromatic heterocycles. The second-order valence-corrected chi connectivity index (χ2v) is 9.47. The van der Waals surface area contributed by atoms with Gasteiger partial charge < -0.3 is 9.73 Å². The maximum Gasteiger partial charge on any atom is 0.293 e. The Balaban J connectivity index is 1.25. The maximum absolute atomic E-state index is 12.6. The van der Waals surface area contributed by atoms with Crippen molar-refractivity contribution in [2.45, 2.75) is 6.92 Å². The number of para-hydroxylation sites is 1. The van der Waals surface area contributed by atoms with Gasteiger partial charge in [-0.25, -0.2) is 4.98 Å². The Kier molecular flexibility index (Phi) is 6.15. The van der Waals surface area contributed by atoms with E-state index in [0.29, 0.717) is 10.8 Å². The molecule has 0 unspecified atom stereocenters. The molecule has 0 bridgehead atoms. The summed E-state index contributed by atoms with van der Waals surface area (Å²) in [5.74, 6) is 0.306. The molecule has 34 heavy (non-hydrogen) atoms. The fraction of sp³-hybridized carbons (Fsp3) is 0.0385. The zero-order chi connectivity index (χ0) is 23.7. The lowest BCUT2D eigenvalue weighted by molar-refractivity contribution is 0.0951. The summed E-state index contributed by atoms with van der Waals surface area (Å²) in [6.07, 6.45) is 0. The Labute approximate surface area is 210 Å². The van der Waals surface area contributed by atoms with Gasteiger partial charge in [-0.3, -0.25) is 10.1 Å². The van der Waals surface area contributed by atoms with Gasteiger partial charge in [0.2, 0.25) is 0 Å². The first kappa shape index (κ1) is 22.3. The number of benzene rings is 3. The van der Waals surface area contributed by atoms with Crippen molar-refractivity contribution in [3.05, 3.63) is 95.2 Å². The number of aryl methyl sites for hydroxylation is 1. The van der Waals surface area contributed by atoms with Crippen LogP contribution in [0.3, 0.4) is 0 Å². The lowest BCUT2D eigenvalue weighted by atomic mass is 10.1. The third-order valence-electron chi connectivity index (χ3n) is 5.20. The summed E-state index contributed by atoms with van der Waals surface area (Å²) < 4.78 is 6.84. The number of furan rings is 1. The molecular weight excluding hydrogens is 486 g/mol. The van der Waals surface area contributed by atoms with Crippen molar-refractivity contribution in [1.82, 2.24) is 10.3 Å². The fourth-order valence-electron chi connectivity index (χ4n) is 3.48. The van der Waals surface area contributed by atoms with E-state index in [1.807, 2.05) is 49.4 Å². The summed E-state index contributed by atoms with van der Waals surface area (Å²) in [5.41, 5.74) is 4.63. The molecule has 5 nitrogen and oxygen atoms in total. The van der Waals surface area contributed by atoms with Gasteiger partial charge in [-0.1, -0.05) is 23.7 Å². The Morgan fingerprint density at radius 1 is 1.00 bits per heavy atom. The number of fused-ring (bicyclic) bond motifs is 1. The molecule has 0 spiro atoms. The van der Waals surface area contributed by atoms with Crippen molar-refractivity contribution in [3.8, 4) is 21.9 Å². The van der Waals surface area contributed by atoms with Crippen molar-refractivity contribution in [2.24, 2.45) is 0 Å². The molecule has 0 atom stereocenters. The van der Waals surface area contributed by atoms with Crippen molar-refractivity contribution in [2.75, 3.05) is 5.32 Å². The molecule has 1 amide bonds. The molecule has 5 aromatic rings. The Morgan fingerprint density at radius 2 is 1.76 bits per heavy atom. The SMILES string of the molecule is Cc1cc(-c2nc3ccccc3s2)ccc1NC(=S)NC(=O)c1ccc(-c2ccc(Cl)cc2)o1. The van der Waals surface area contributed by atoms with Gasteiger partial charge in [0.15, 0.2) is 10.9 Å². The number of anilines is 1. The number of rotatable bonds is 4. The zero-order valence-corrected chi connectivity index (χ0v) is 20.4. The van der Waals surface area contributed by atoms with E-state index in [9.17, 15) is 4.79 Å². The van der Waals surface area contributed by atoms with Crippen LogP contribution in [0.5, 0.6) is 0 Å². The molecule has 5 rings (SSSR count). The Morgan fingerprint density at radius 3 is 2.53 bits per heavy atom. The third-order valence-corrected chi connectivity index (χ3v) is 6.74. The van der Waals surface area contributed by atoms with E-state index in [2.05, 4.69) is 22.8 Å². The summed E-state index contributed by atoms with van der Waals surface area (Å²) in [7, 11) is 0. The smallest absolute Gasteiger partial charge is 0.293 e. The molecule has 3 aromatic carbocycles. The fourth-order valence-corrected chi connectivity index (χ4v) is 4.77. The quantitative estimate of drug-likeness (QED) is 0.252. The highest BCUT2D eigenvalue weighted by Crippen LogP contribution is 2.32. The Bertz CT molecular complexity index is 1490. The van der Waals surface area contributed by atoms with Crippen LogP contribution in [0.4, 0.5) is 5.69 Å². The predicted octanol–water partition coefficient (Wildman–Crippen LogP) is 7.31. The number of halogens is 1. The first-order valence-corrected chi connectivity index (χ1v) is 12.0. The van der Waals surface area contributed by atoms with E-state index in [0.717, 1.165) is 37.6 Å². The molecule has 0 saturated carbocycles. The highest BCUT2D eigenvalue weighted by atomic mass is 35.5. The molecule has 0 aliphatic rings. The number of amides is 1. The van der Waals surface area contributed by atoms with Gasteiger partial charge in [-0.05, 0) is 91.4 Å². The lowest BCUT2D eigenvalue weighted by Crippen LogP contribution is -2.34. The van der Waals surface area contributed by atoms with Gasteiger partial charge >= 0.3 is 0 Å². The van der Waals surface area contributed by atoms with Crippen LogP contribution in [-0.2, 0) is 0 Å². The van der Waals surface area contributed by atoms with Crippen molar-refractivity contribution in [3.63, 3.8) is 0 Å². The summed E-state index contributed by atoms with van der Waals surface area (Å²) >= 11 is 12.9. The van der Waals surface area contributed by atoms with E-state index < -0.39 is 5.91 Å². The van der Waals surface area contributed by atoms with E-state index in [1.165, 1.54) is 0 Å². The monoisotopic (exact) mass is 503 g/mol. The number of carbonyl (C=O) groups is 1. The van der Waals surface area contributed by atoms with Gasteiger partial charge in [-0.15, -0.1) is 11.3 Å². The van der Waals surface area contributed by atoms with Crippen LogP contribution in [0.15, 0.2) is 83.3 Å². The first-order valence-electron chi connectivity index (χ1n) is 10.4. The second kappa shape index (κ2) is 9.38. The summed E-state index contributed by atoms with van der Waals surface area (Å²) in [5, 5.41) is 7.53. The van der Waals surface area contributed by atoms with Gasteiger partial charge in [0.25, 0.3) is 5.91 Å². The number of hydrogen-bond acceptors (Lipinski definition) is 5. The van der Waals surface area contributed by atoms with Crippen molar-refractivity contribution in [1.29, 1.82) is 0 Å². The molecule has 0 radical (unpaired) electrons. The minimum absolute atomic E-state index is 0.164. The van der Waals surface area contributed by atoms with Gasteiger partial charge in [0.1, 0.15) is 10.8 Å². The molecular formula is C26H18ClN3O2S2. The Hall–Kier alpha value is -3.52. The van der Waals surface area contributed by atoms with Gasteiger partial charge in [-0.2, -0.15) is 0 Å². The van der Waals surface area contributed by atoms with Crippen molar-refractivity contribution >= 4 is 62.1 Å². The maximum atomic E-state index is 12.6. The molecule has 2 heterocycles. The summed E-state index contributed by atoms with van der Waals surface area (Å²) in [4.78, 5) is 17.3. The molecule has 8 heteroatoms. The van der Waals surface area contributed by atoms with Crippen LogP contribution in [0, 0.1) is 6.92 Å². The van der Waals surface area contributed by atoms with Crippen LogP contribution >= 0.6 is 35.2 Å². The van der Waals surface area contributed by atoms with Crippen molar-refractivity contribution < 1.29 is 9.21 Å². The molecule has 0 saturated heterocycles. The number of carbonyl (C=O) groups excluding carboxylic acids is 1. The van der Waals surface area contributed by atoms with Crippen LogP contribution in [0.25, 0.3) is 32.1 Å². The average Bonchev–Trinajstić information content (AvgIpc) is 3.48. The summed E-state index contributed by atoms with van der Waals surface area (Å²) in [6.45, 7) is 1.98. The number of nitrogens with one attached hydrogen (secondary N) is 2. The van der Waals surface area contributed by atoms with Crippen LogP contribution in [0.1, 0.15) is 16.1 Å². The number of aromatic nitrogens is 1. The highest BCUT2D eigenvalue weighted by molar-refractivity contribution is 7.80. The molecule has 0 aliphatic carbocycles. The first-order chi connectivity index (χ1) is 16.5. The standard InChI is InChI=1S/C26H18ClN3O2S2/c1-15-14-17(25-28-20-4-2-3-5-23(20)34-25)8-11-19(15)29-26(33)30-24(31)22-13-12-21(32-22)16-6-9-18(27)10-7-16/h2-14H,1H3,(H2,29,30,31,33). The van der Waals surface area contributed by atoms with Crippen LogP contribution in [-0.4, -0.2) is 16.0 Å². The second-order valence-electron chi connectivity index (χ2n) is 7.60. The van der Waals surface area contributed by atoms with Crippen LogP contribution in [0.2, 0.25) is 5.02 Å². The third kappa shape index (κ3) is 4.72. The van der Waals surface area contributed by atoms with E-state index >= 15 is 0 Å². The molecule has 2 N–H and O–H groups in total. The van der Waals surface area contributed by atoms with Gasteiger partial charge in [0.05, 0.1) is 10.2 Å². The van der Waals surface area contributed by atoms with E-state index in [4.69, 9.17) is 33.2 Å². The minimum atomic E-state index is -0.429. The highest BCUT2D eigenvalue weighted by Gasteiger charge is 2.15. The molecule has 0 aliphatic heterocycles. The number of thiocarbonyl (C=S) groups is 1. The minimum Gasteiger partial charge on any atom is -0.451 e. The van der Waals surface area contributed by atoms with Crippen LogP contribution < -0.4 is 10.6 Å². The largest absolute Gasteiger partial charge is 0.451 e. The normalized spacial score (nSPS) is 10.9. The zero-order valence-electron chi connectivity index (χ0n) is 18.0. The van der Waals surface area contributed by atoms with Gasteiger partial charge in [0, 0.05) is 21.8 Å². The number of nitrogens with zero attached hydrogens (tertiary/aromatic N) is 1. The molecule has 0 fully saturated rings. The topological polar surface area (TPSA) is 67.2 Å². The van der Waals surface area contributed by atoms with E-state index in [-0.39, 0.29) is 10.9 Å². The van der Waals surface area contributed by atoms with E-state index in [1.54, 1.807) is 35.6 Å². The molecule has 168 valence electrons. The predicted molar refractivity (Wildman–Crippen MR) is 143 cm³/mol. The summed E-state index contributed by atoms with van der Waals surface area (Å²) in [6, 6.07) is 24.6. The average molecular weight is 504 g/mol. The number of hydrogen-bond donors (Lipinski definition) is 2. The lowest BCUT2D eigenvalue weighted by Gasteiger charge is -2.12.